The van der Waals surface area contributed by atoms with E-state index in [1.807, 2.05) is 0 Å². The van der Waals surface area contributed by atoms with Crippen LogP contribution in [0.1, 0.15) is 25.7 Å². The Kier molecular flexibility index (Phi) is 4.85. The second-order valence-electron chi connectivity index (χ2n) is 5.04. The molecule has 2 atom stereocenters. The molecule has 0 aliphatic heterocycles. The number of pyridine rings is 1. The quantitative estimate of drug-likeness (QED) is 0.770. The molecular formula is C12H19ClN4O2S. The summed E-state index contributed by atoms with van der Waals surface area (Å²) < 4.78 is 27.5. The van der Waals surface area contributed by atoms with Crippen molar-refractivity contribution in [3.05, 3.63) is 17.3 Å². The fourth-order valence-corrected chi connectivity index (χ4v) is 4.22. The van der Waals surface area contributed by atoms with Gasteiger partial charge in [0.2, 0.25) is 10.0 Å². The lowest BCUT2D eigenvalue weighted by Gasteiger charge is -2.31. The van der Waals surface area contributed by atoms with E-state index in [1.165, 1.54) is 12.3 Å². The Labute approximate surface area is 123 Å². The predicted octanol–water partition coefficient (Wildman–Crippen LogP) is 1.11. The highest BCUT2D eigenvalue weighted by atomic mass is 35.5. The van der Waals surface area contributed by atoms with Gasteiger partial charge in [0.15, 0.2) is 0 Å². The average molecular weight is 319 g/mol. The first kappa shape index (κ1) is 15.5. The SMILES string of the molecule is NCC1CCCCC1NS(=O)(=O)c1cc(Cl)cnc1N. The Hall–Kier alpha value is -0.890. The Morgan fingerprint density at radius 2 is 2.10 bits per heavy atom. The summed E-state index contributed by atoms with van der Waals surface area (Å²) in [6, 6.07) is 1.16. The van der Waals surface area contributed by atoms with Gasteiger partial charge >= 0.3 is 0 Å². The molecule has 112 valence electrons. The van der Waals surface area contributed by atoms with Crippen molar-refractivity contribution in [3.8, 4) is 0 Å². The largest absolute Gasteiger partial charge is 0.383 e. The van der Waals surface area contributed by atoms with Crippen molar-refractivity contribution >= 4 is 27.4 Å². The summed E-state index contributed by atoms with van der Waals surface area (Å²) in [7, 11) is -3.73. The first-order chi connectivity index (χ1) is 9.44. The molecule has 1 saturated carbocycles. The summed E-state index contributed by atoms with van der Waals surface area (Å²) in [5.74, 6) is 0.105. The van der Waals surface area contributed by atoms with Gasteiger partial charge in [-0.05, 0) is 31.4 Å². The minimum atomic E-state index is -3.73. The van der Waals surface area contributed by atoms with Crippen molar-refractivity contribution in [3.63, 3.8) is 0 Å². The first-order valence-corrected chi connectivity index (χ1v) is 8.43. The van der Waals surface area contributed by atoms with Gasteiger partial charge in [0, 0.05) is 12.2 Å². The van der Waals surface area contributed by atoms with Gasteiger partial charge in [0.25, 0.3) is 0 Å². The zero-order valence-corrected chi connectivity index (χ0v) is 12.6. The zero-order chi connectivity index (χ0) is 14.8. The molecule has 0 amide bonds. The van der Waals surface area contributed by atoms with Gasteiger partial charge < -0.3 is 11.5 Å². The topological polar surface area (TPSA) is 111 Å². The molecule has 0 aromatic carbocycles. The van der Waals surface area contributed by atoms with E-state index in [-0.39, 0.29) is 27.7 Å². The molecule has 2 rings (SSSR count). The average Bonchev–Trinajstić information content (AvgIpc) is 2.41. The normalized spacial score (nSPS) is 23.7. The van der Waals surface area contributed by atoms with E-state index in [9.17, 15) is 8.42 Å². The Morgan fingerprint density at radius 1 is 1.40 bits per heavy atom. The van der Waals surface area contributed by atoms with E-state index in [1.54, 1.807) is 0 Å². The van der Waals surface area contributed by atoms with Gasteiger partial charge in [-0.2, -0.15) is 0 Å². The third kappa shape index (κ3) is 3.41. The highest BCUT2D eigenvalue weighted by Crippen LogP contribution is 2.26. The summed E-state index contributed by atoms with van der Waals surface area (Å²) in [4.78, 5) is 3.70. The van der Waals surface area contributed by atoms with Crippen LogP contribution in [0, 0.1) is 5.92 Å². The van der Waals surface area contributed by atoms with Crippen molar-refractivity contribution in [2.24, 2.45) is 11.7 Å². The molecule has 0 spiro atoms. The molecule has 0 radical (unpaired) electrons. The second-order valence-corrected chi connectivity index (χ2v) is 7.16. The van der Waals surface area contributed by atoms with Crippen molar-refractivity contribution in [1.29, 1.82) is 0 Å². The van der Waals surface area contributed by atoms with Gasteiger partial charge in [-0.1, -0.05) is 24.4 Å². The van der Waals surface area contributed by atoms with Crippen LogP contribution in [0.4, 0.5) is 5.82 Å². The van der Waals surface area contributed by atoms with Crippen LogP contribution in [-0.2, 0) is 10.0 Å². The maximum Gasteiger partial charge on any atom is 0.244 e. The lowest BCUT2D eigenvalue weighted by atomic mass is 9.85. The number of nitrogens with two attached hydrogens (primary N) is 2. The van der Waals surface area contributed by atoms with Gasteiger partial charge in [0.1, 0.15) is 10.7 Å². The zero-order valence-electron chi connectivity index (χ0n) is 11.0. The molecular weight excluding hydrogens is 300 g/mol. The Bertz CT molecular complexity index is 579. The highest BCUT2D eigenvalue weighted by molar-refractivity contribution is 7.89. The number of nitrogens with one attached hydrogen (secondary N) is 1. The van der Waals surface area contributed by atoms with Gasteiger partial charge in [-0.3, -0.25) is 0 Å². The minimum absolute atomic E-state index is 0.0537. The second kappa shape index (κ2) is 6.26. The first-order valence-electron chi connectivity index (χ1n) is 6.57. The lowest BCUT2D eigenvalue weighted by molar-refractivity contribution is 0.296. The van der Waals surface area contributed by atoms with E-state index >= 15 is 0 Å². The molecule has 1 aromatic heterocycles. The number of sulfonamides is 1. The predicted molar refractivity (Wildman–Crippen MR) is 78.8 cm³/mol. The fourth-order valence-electron chi connectivity index (χ4n) is 2.55. The van der Waals surface area contributed by atoms with Crippen LogP contribution < -0.4 is 16.2 Å². The lowest BCUT2D eigenvalue weighted by Crippen LogP contribution is -2.44. The molecule has 1 aliphatic rings. The van der Waals surface area contributed by atoms with E-state index in [2.05, 4.69) is 9.71 Å². The van der Waals surface area contributed by atoms with Crippen molar-refractivity contribution in [1.82, 2.24) is 9.71 Å². The van der Waals surface area contributed by atoms with Gasteiger partial charge in [-0.15, -0.1) is 0 Å². The number of hydrogen-bond donors (Lipinski definition) is 3. The van der Waals surface area contributed by atoms with Crippen molar-refractivity contribution < 1.29 is 8.42 Å². The number of halogens is 1. The molecule has 5 N–H and O–H groups in total. The number of nitrogen functional groups attached to an aromatic ring is 1. The summed E-state index contributed by atoms with van der Waals surface area (Å²) in [5.41, 5.74) is 11.3. The summed E-state index contributed by atoms with van der Waals surface area (Å²) in [6.07, 6.45) is 5.12. The Balaban J connectivity index is 2.24. The minimum Gasteiger partial charge on any atom is -0.383 e. The summed E-state index contributed by atoms with van der Waals surface area (Å²) >= 11 is 5.79. The molecule has 8 heteroatoms. The van der Waals surface area contributed by atoms with E-state index < -0.39 is 10.0 Å². The molecule has 1 aromatic rings. The van der Waals surface area contributed by atoms with Crippen molar-refractivity contribution in [2.45, 2.75) is 36.6 Å². The maximum absolute atomic E-state index is 12.4. The van der Waals surface area contributed by atoms with E-state index in [0.717, 1.165) is 25.7 Å². The number of hydrogen-bond acceptors (Lipinski definition) is 5. The molecule has 2 unspecified atom stereocenters. The molecule has 20 heavy (non-hydrogen) atoms. The fraction of sp³-hybridized carbons (Fsp3) is 0.583. The number of aromatic nitrogens is 1. The standard InChI is InChI=1S/C12H19ClN4O2S/c13-9-5-11(12(15)16-7-9)20(18,19)17-10-4-2-1-3-8(10)6-14/h5,7-8,10,17H,1-4,6,14H2,(H2,15,16). The number of anilines is 1. The van der Waals surface area contributed by atoms with Gasteiger partial charge in [0.05, 0.1) is 5.02 Å². The van der Waals surface area contributed by atoms with Crippen LogP contribution >= 0.6 is 11.6 Å². The summed E-state index contributed by atoms with van der Waals surface area (Å²) in [6.45, 7) is 0.469. The summed E-state index contributed by atoms with van der Waals surface area (Å²) in [5, 5.41) is 0.235. The number of nitrogens with zero attached hydrogens (tertiary/aromatic N) is 1. The molecule has 1 aliphatic carbocycles. The van der Waals surface area contributed by atoms with Crippen LogP contribution in [-0.4, -0.2) is 26.0 Å². The molecule has 6 nitrogen and oxygen atoms in total. The molecule has 1 heterocycles. The Morgan fingerprint density at radius 3 is 2.80 bits per heavy atom. The van der Waals surface area contributed by atoms with Crippen LogP contribution in [0.3, 0.4) is 0 Å². The van der Waals surface area contributed by atoms with Crippen LogP contribution in [0.25, 0.3) is 0 Å². The van der Waals surface area contributed by atoms with Gasteiger partial charge in [-0.25, -0.2) is 18.1 Å². The van der Waals surface area contributed by atoms with Crippen molar-refractivity contribution in [2.75, 3.05) is 12.3 Å². The molecule has 0 saturated heterocycles. The smallest absolute Gasteiger partial charge is 0.244 e. The van der Waals surface area contributed by atoms with E-state index in [0.29, 0.717) is 6.54 Å². The van der Waals surface area contributed by atoms with Crippen LogP contribution in [0.2, 0.25) is 5.02 Å². The maximum atomic E-state index is 12.4. The third-order valence-corrected chi connectivity index (χ3v) is 5.38. The molecule has 0 bridgehead atoms. The number of rotatable bonds is 4. The van der Waals surface area contributed by atoms with Crippen LogP contribution in [0.15, 0.2) is 17.2 Å². The molecule has 1 fully saturated rings. The third-order valence-electron chi connectivity index (χ3n) is 3.66. The van der Waals surface area contributed by atoms with Crippen LogP contribution in [0.5, 0.6) is 0 Å². The monoisotopic (exact) mass is 318 g/mol. The highest BCUT2D eigenvalue weighted by Gasteiger charge is 2.29. The van der Waals surface area contributed by atoms with E-state index in [4.69, 9.17) is 23.1 Å².